The number of amides is 1. The smallest absolute Gasteiger partial charge is 0.254 e. The van der Waals surface area contributed by atoms with Crippen LogP contribution in [-0.2, 0) is 16.1 Å². The second-order valence-corrected chi connectivity index (χ2v) is 9.76. The Balaban J connectivity index is 1.52. The predicted molar refractivity (Wildman–Crippen MR) is 145 cm³/mol. The van der Waals surface area contributed by atoms with Crippen molar-refractivity contribution in [2.24, 2.45) is 0 Å². The third-order valence-electron chi connectivity index (χ3n) is 7.57. The quantitative estimate of drug-likeness (QED) is 0.338. The molecule has 0 radical (unpaired) electrons. The van der Waals surface area contributed by atoms with E-state index in [2.05, 4.69) is 46.4 Å². The average molecular weight is 494 g/mol. The van der Waals surface area contributed by atoms with Crippen LogP contribution >= 0.6 is 0 Å². The van der Waals surface area contributed by atoms with Gasteiger partial charge in [-0.3, -0.25) is 9.59 Å². The van der Waals surface area contributed by atoms with Crippen LogP contribution in [0, 0.1) is 5.82 Å². The zero-order valence-electron chi connectivity index (χ0n) is 20.9. The van der Waals surface area contributed by atoms with Gasteiger partial charge in [0.2, 0.25) is 0 Å². The molecule has 1 aliphatic carbocycles. The van der Waals surface area contributed by atoms with Crippen LogP contribution in [-0.4, -0.2) is 16.3 Å². The van der Waals surface area contributed by atoms with Gasteiger partial charge in [0.05, 0.1) is 0 Å². The Bertz CT molecular complexity index is 1640. The first kappa shape index (κ1) is 23.2. The van der Waals surface area contributed by atoms with Crippen LogP contribution < -0.4 is 10.6 Å². The molecule has 0 saturated heterocycles. The summed E-state index contributed by atoms with van der Waals surface area (Å²) in [6, 6.07) is 20.3. The molecule has 1 aliphatic heterocycles. The van der Waals surface area contributed by atoms with Gasteiger partial charge >= 0.3 is 0 Å². The van der Waals surface area contributed by atoms with Crippen molar-refractivity contribution in [3.8, 4) is 0 Å². The van der Waals surface area contributed by atoms with E-state index >= 15 is 0 Å². The molecule has 0 spiro atoms. The molecule has 2 heterocycles. The number of nitrogens with one attached hydrogen (secondary N) is 2. The van der Waals surface area contributed by atoms with Crippen molar-refractivity contribution in [2.45, 2.75) is 45.6 Å². The summed E-state index contributed by atoms with van der Waals surface area (Å²) in [6.45, 7) is 4.86. The average Bonchev–Trinajstić information content (AvgIpc) is 3.22. The molecule has 6 heteroatoms. The number of carbonyl (C=O) groups is 2. The molecule has 0 bridgehead atoms. The lowest BCUT2D eigenvalue weighted by molar-refractivity contribution is -0.116. The van der Waals surface area contributed by atoms with E-state index in [0.717, 1.165) is 58.1 Å². The SMILES string of the molecule is CCn1c2ccccc2c2cc([C@@H]3C(C(=O)Nc4ccc(F)cc4)=C(C)NC4=C3C(=O)CCC4)ccc21. The number of halogens is 1. The molecule has 5 nitrogen and oxygen atoms in total. The number of carbonyl (C=O) groups excluding carboxylic acids is 2. The number of rotatable bonds is 4. The van der Waals surface area contributed by atoms with Crippen molar-refractivity contribution < 1.29 is 14.0 Å². The van der Waals surface area contributed by atoms with Crippen LogP contribution in [0.25, 0.3) is 21.8 Å². The molecule has 1 amide bonds. The fraction of sp³-hybridized carbons (Fsp3) is 0.226. The Morgan fingerprint density at radius 1 is 1.03 bits per heavy atom. The maximum Gasteiger partial charge on any atom is 0.254 e. The Kier molecular flexibility index (Phi) is 5.67. The van der Waals surface area contributed by atoms with Crippen LogP contribution in [0.2, 0.25) is 0 Å². The number of allylic oxidation sites excluding steroid dienone is 3. The number of dihydropyridines is 1. The van der Waals surface area contributed by atoms with Crippen LogP contribution in [0.15, 0.2) is 89.3 Å². The number of aromatic nitrogens is 1. The minimum atomic E-state index is -0.488. The fourth-order valence-corrected chi connectivity index (χ4v) is 5.94. The first-order valence-corrected chi connectivity index (χ1v) is 12.8. The number of para-hydroxylation sites is 1. The second kappa shape index (κ2) is 9.04. The normalized spacial score (nSPS) is 17.8. The van der Waals surface area contributed by atoms with Gasteiger partial charge in [-0.05, 0) is 74.7 Å². The van der Waals surface area contributed by atoms with Gasteiger partial charge in [-0.15, -0.1) is 0 Å². The van der Waals surface area contributed by atoms with Crippen molar-refractivity contribution in [3.63, 3.8) is 0 Å². The summed E-state index contributed by atoms with van der Waals surface area (Å²) >= 11 is 0. The molecule has 4 aromatic rings. The van der Waals surface area contributed by atoms with E-state index in [-0.39, 0.29) is 17.5 Å². The molecule has 2 N–H and O–H groups in total. The van der Waals surface area contributed by atoms with Gasteiger partial charge in [0, 0.05) is 68.9 Å². The lowest BCUT2D eigenvalue weighted by Gasteiger charge is -2.34. The van der Waals surface area contributed by atoms with Gasteiger partial charge in [0.15, 0.2) is 5.78 Å². The number of Topliss-reactive ketones (excluding diaryl/α,β-unsaturated/α-hetero) is 1. The Hall–Kier alpha value is -4.19. The molecule has 3 aromatic carbocycles. The Morgan fingerprint density at radius 3 is 2.57 bits per heavy atom. The zero-order chi connectivity index (χ0) is 25.7. The van der Waals surface area contributed by atoms with E-state index in [9.17, 15) is 14.0 Å². The molecule has 1 aromatic heterocycles. The topological polar surface area (TPSA) is 63.1 Å². The summed E-state index contributed by atoms with van der Waals surface area (Å²) in [4.78, 5) is 27.0. The molecule has 0 unspecified atom stereocenters. The second-order valence-electron chi connectivity index (χ2n) is 9.76. The van der Waals surface area contributed by atoms with Crippen LogP contribution in [0.5, 0.6) is 0 Å². The molecule has 186 valence electrons. The summed E-state index contributed by atoms with van der Waals surface area (Å²) in [7, 11) is 0. The van der Waals surface area contributed by atoms with Gasteiger partial charge in [-0.25, -0.2) is 4.39 Å². The van der Waals surface area contributed by atoms with E-state index in [1.165, 1.54) is 24.3 Å². The number of ketones is 1. The fourth-order valence-electron chi connectivity index (χ4n) is 5.94. The molecule has 1 atom stereocenters. The van der Waals surface area contributed by atoms with E-state index in [4.69, 9.17) is 0 Å². The molecule has 2 aliphatic rings. The summed E-state index contributed by atoms with van der Waals surface area (Å²) in [5.74, 6) is -1.08. The molecule has 37 heavy (non-hydrogen) atoms. The Morgan fingerprint density at radius 2 is 1.78 bits per heavy atom. The number of benzene rings is 3. The lowest BCUT2D eigenvalue weighted by Crippen LogP contribution is -2.35. The largest absolute Gasteiger partial charge is 0.362 e. The van der Waals surface area contributed by atoms with Crippen molar-refractivity contribution in [1.29, 1.82) is 0 Å². The highest BCUT2D eigenvalue weighted by Crippen LogP contribution is 2.44. The minimum absolute atomic E-state index is 0.0782. The van der Waals surface area contributed by atoms with Crippen molar-refractivity contribution >= 4 is 39.2 Å². The minimum Gasteiger partial charge on any atom is -0.362 e. The first-order chi connectivity index (χ1) is 18.0. The molecular formula is C31H28FN3O2. The highest BCUT2D eigenvalue weighted by atomic mass is 19.1. The third kappa shape index (κ3) is 3.84. The Labute approximate surface area is 214 Å². The van der Waals surface area contributed by atoms with Gasteiger partial charge in [-0.1, -0.05) is 24.3 Å². The number of hydrogen-bond acceptors (Lipinski definition) is 3. The lowest BCUT2D eigenvalue weighted by atomic mass is 9.74. The zero-order valence-corrected chi connectivity index (χ0v) is 20.9. The van der Waals surface area contributed by atoms with E-state index in [0.29, 0.717) is 23.3 Å². The van der Waals surface area contributed by atoms with Gasteiger partial charge < -0.3 is 15.2 Å². The maximum absolute atomic E-state index is 13.7. The highest BCUT2D eigenvalue weighted by Gasteiger charge is 2.38. The predicted octanol–water partition coefficient (Wildman–Crippen LogP) is 6.56. The molecule has 0 saturated carbocycles. The number of aryl methyl sites for hydroxylation is 1. The van der Waals surface area contributed by atoms with E-state index in [1.807, 2.05) is 25.1 Å². The highest BCUT2D eigenvalue weighted by molar-refractivity contribution is 6.11. The van der Waals surface area contributed by atoms with E-state index < -0.39 is 5.92 Å². The van der Waals surface area contributed by atoms with Gasteiger partial charge in [-0.2, -0.15) is 0 Å². The molecular weight excluding hydrogens is 465 g/mol. The van der Waals surface area contributed by atoms with Crippen LogP contribution in [0.1, 0.15) is 44.6 Å². The monoisotopic (exact) mass is 493 g/mol. The van der Waals surface area contributed by atoms with Crippen LogP contribution in [0.3, 0.4) is 0 Å². The van der Waals surface area contributed by atoms with E-state index in [1.54, 1.807) is 0 Å². The third-order valence-corrected chi connectivity index (χ3v) is 7.57. The van der Waals surface area contributed by atoms with Crippen molar-refractivity contribution in [3.05, 3.63) is 101 Å². The molecule has 0 fully saturated rings. The van der Waals surface area contributed by atoms with Gasteiger partial charge in [0.1, 0.15) is 5.82 Å². The summed E-state index contributed by atoms with van der Waals surface area (Å²) < 4.78 is 15.7. The number of hydrogen-bond donors (Lipinski definition) is 2. The number of nitrogens with zero attached hydrogens (tertiary/aromatic N) is 1. The van der Waals surface area contributed by atoms with Crippen LogP contribution in [0.4, 0.5) is 10.1 Å². The summed E-state index contributed by atoms with van der Waals surface area (Å²) in [6.07, 6.45) is 2.05. The standard InChI is InChI=1S/C31H28FN3O2/c1-3-35-25-9-5-4-7-22(25)23-17-19(11-16-26(23)35)29-28(31(37)34-21-14-12-20(32)13-15-21)18(2)33-24-8-6-10-27(36)30(24)29/h4-5,7,9,11-17,29,33H,3,6,8,10H2,1-2H3,(H,34,37)/t29-/m1/s1. The van der Waals surface area contributed by atoms with Gasteiger partial charge in [0.25, 0.3) is 5.91 Å². The van der Waals surface area contributed by atoms with Crippen molar-refractivity contribution in [1.82, 2.24) is 9.88 Å². The number of anilines is 1. The summed E-state index contributed by atoms with van der Waals surface area (Å²) in [5.41, 5.74) is 6.54. The number of fused-ring (bicyclic) bond motifs is 3. The summed E-state index contributed by atoms with van der Waals surface area (Å²) in [5, 5.41) is 8.54. The first-order valence-electron chi connectivity index (χ1n) is 12.8. The maximum atomic E-state index is 13.7. The molecule has 6 rings (SSSR count). The van der Waals surface area contributed by atoms with Crippen molar-refractivity contribution in [2.75, 3.05) is 5.32 Å².